The van der Waals surface area contributed by atoms with E-state index in [0.717, 1.165) is 32.0 Å². The number of nitrogens with zero attached hydrogens (tertiary/aromatic N) is 1. The third kappa shape index (κ3) is 3.77. The lowest BCUT2D eigenvalue weighted by molar-refractivity contribution is -0.126. The average molecular weight is 314 g/mol. The Kier molecular flexibility index (Phi) is 5.37. The van der Waals surface area contributed by atoms with Crippen molar-refractivity contribution in [3.05, 3.63) is 35.4 Å². The molecule has 3 unspecified atom stereocenters. The Morgan fingerprint density at radius 2 is 1.87 bits per heavy atom. The Labute approximate surface area is 140 Å². The molecule has 3 nitrogen and oxygen atoms in total. The van der Waals surface area contributed by atoms with Crippen molar-refractivity contribution in [3.8, 4) is 0 Å². The fraction of sp³-hybridized carbons (Fsp3) is 0.650. The molecule has 1 aromatic carbocycles. The Balaban J connectivity index is 1.58. The molecule has 0 radical (unpaired) electrons. The van der Waals surface area contributed by atoms with Crippen LogP contribution in [0.25, 0.3) is 0 Å². The van der Waals surface area contributed by atoms with E-state index in [4.69, 9.17) is 0 Å². The first-order valence-corrected chi connectivity index (χ1v) is 9.28. The van der Waals surface area contributed by atoms with Gasteiger partial charge in [-0.1, -0.05) is 44.5 Å². The fourth-order valence-electron chi connectivity index (χ4n) is 4.45. The smallest absolute Gasteiger partial charge is 0.223 e. The zero-order valence-electron chi connectivity index (χ0n) is 14.6. The minimum Gasteiger partial charge on any atom is -0.352 e. The summed E-state index contributed by atoms with van der Waals surface area (Å²) in [5, 5.41) is 3.22. The molecular formula is C20H30N2O. The highest BCUT2D eigenvalue weighted by molar-refractivity contribution is 5.79. The van der Waals surface area contributed by atoms with Crippen molar-refractivity contribution in [2.45, 2.75) is 52.6 Å². The van der Waals surface area contributed by atoms with E-state index in [0.29, 0.717) is 12.5 Å². The lowest BCUT2D eigenvalue weighted by atomic mass is 9.88. The molecule has 0 saturated heterocycles. The normalized spacial score (nSPS) is 26.0. The summed E-state index contributed by atoms with van der Waals surface area (Å²) in [5.41, 5.74) is 2.60. The second kappa shape index (κ2) is 7.48. The SMILES string of the molecule is CCN(CC)Cc1ccccc1CNC(=O)C1CC2CCC1C2. The van der Waals surface area contributed by atoms with Gasteiger partial charge in [0, 0.05) is 19.0 Å². The molecular weight excluding hydrogens is 284 g/mol. The van der Waals surface area contributed by atoms with Crippen molar-refractivity contribution < 1.29 is 4.79 Å². The van der Waals surface area contributed by atoms with Crippen molar-refractivity contribution in [1.82, 2.24) is 10.2 Å². The van der Waals surface area contributed by atoms with Gasteiger partial charge in [-0.3, -0.25) is 9.69 Å². The Bertz CT molecular complexity index is 538. The van der Waals surface area contributed by atoms with E-state index in [9.17, 15) is 4.79 Å². The van der Waals surface area contributed by atoms with E-state index < -0.39 is 0 Å². The molecule has 0 spiro atoms. The van der Waals surface area contributed by atoms with Crippen LogP contribution in [0.4, 0.5) is 0 Å². The van der Waals surface area contributed by atoms with E-state index >= 15 is 0 Å². The van der Waals surface area contributed by atoms with Crippen LogP contribution in [0.1, 0.15) is 50.7 Å². The monoisotopic (exact) mass is 314 g/mol. The standard InChI is InChI=1S/C20H30N2O/c1-3-22(4-2)14-18-8-6-5-7-17(18)13-21-20(23)19-12-15-9-10-16(19)11-15/h5-8,15-16,19H,3-4,9-14H2,1-2H3,(H,21,23). The molecule has 2 saturated carbocycles. The van der Waals surface area contributed by atoms with Gasteiger partial charge in [0.05, 0.1) is 0 Å². The molecule has 2 fully saturated rings. The molecule has 2 bridgehead atoms. The van der Waals surface area contributed by atoms with Gasteiger partial charge in [0.1, 0.15) is 0 Å². The lowest BCUT2D eigenvalue weighted by Crippen LogP contribution is -2.33. The summed E-state index contributed by atoms with van der Waals surface area (Å²) in [6.45, 7) is 8.15. The highest BCUT2D eigenvalue weighted by atomic mass is 16.1. The van der Waals surface area contributed by atoms with Crippen molar-refractivity contribution in [3.63, 3.8) is 0 Å². The van der Waals surface area contributed by atoms with Crippen molar-refractivity contribution in [2.75, 3.05) is 13.1 Å². The molecule has 1 N–H and O–H groups in total. The molecule has 0 aromatic heterocycles. The predicted molar refractivity (Wildman–Crippen MR) is 93.9 cm³/mol. The predicted octanol–water partition coefficient (Wildman–Crippen LogP) is 3.58. The second-order valence-electron chi connectivity index (χ2n) is 7.23. The van der Waals surface area contributed by atoms with E-state index in [2.05, 4.69) is 48.3 Å². The maximum Gasteiger partial charge on any atom is 0.223 e. The molecule has 2 aliphatic carbocycles. The maximum absolute atomic E-state index is 12.5. The van der Waals surface area contributed by atoms with Gasteiger partial charge in [-0.2, -0.15) is 0 Å². The zero-order valence-corrected chi connectivity index (χ0v) is 14.6. The Morgan fingerprint density at radius 1 is 1.13 bits per heavy atom. The fourth-order valence-corrected chi connectivity index (χ4v) is 4.45. The second-order valence-corrected chi connectivity index (χ2v) is 7.23. The number of carbonyl (C=O) groups is 1. The summed E-state index contributed by atoms with van der Waals surface area (Å²) < 4.78 is 0. The Hall–Kier alpha value is -1.35. The number of hydrogen-bond donors (Lipinski definition) is 1. The van der Waals surface area contributed by atoms with Gasteiger partial charge < -0.3 is 5.32 Å². The number of nitrogens with one attached hydrogen (secondary N) is 1. The summed E-state index contributed by atoms with van der Waals surface area (Å²) in [6, 6.07) is 8.52. The van der Waals surface area contributed by atoms with E-state index in [1.165, 1.54) is 30.4 Å². The van der Waals surface area contributed by atoms with Gasteiger partial charge >= 0.3 is 0 Å². The molecule has 1 amide bonds. The maximum atomic E-state index is 12.5. The molecule has 23 heavy (non-hydrogen) atoms. The van der Waals surface area contributed by atoms with Crippen LogP contribution in [0.5, 0.6) is 0 Å². The lowest BCUT2D eigenvalue weighted by Gasteiger charge is -2.22. The number of fused-ring (bicyclic) bond motifs is 2. The molecule has 3 rings (SSSR count). The molecule has 2 aliphatic rings. The number of hydrogen-bond acceptors (Lipinski definition) is 2. The van der Waals surface area contributed by atoms with Crippen LogP contribution in [0.15, 0.2) is 24.3 Å². The first-order chi connectivity index (χ1) is 11.2. The van der Waals surface area contributed by atoms with Crippen LogP contribution in [0, 0.1) is 17.8 Å². The molecule has 0 aliphatic heterocycles. The third-order valence-electron chi connectivity index (χ3n) is 5.93. The van der Waals surface area contributed by atoms with Crippen LogP contribution < -0.4 is 5.32 Å². The average Bonchev–Trinajstić information content (AvgIpc) is 3.21. The number of carbonyl (C=O) groups excluding carboxylic acids is 1. The summed E-state index contributed by atoms with van der Waals surface area (Å²) in [7, 11) is 0. The summed E-state index contributed by atoms with van der Waals surface area (Å²) in [4.78, 5) is 14.9. The minimum absolute atomic E-state index is 0.281. The zero-order chi connectivity index (χ0) is 16.2. The summed E-state index contributed by atoms with van der Waals surface area (Å²) >= 11 is 0. The van der Waals surface area contributed by atoms with Gasteiger partial charge in [-0.25, -0.2) is 0 Å². The molecule has 3 atom stereocenters. The first kappa shape index (κ1) is 16.5. The van der Waals surface area contributed by atoms with Gasteiger partial charge in [0.25, 0.3) is 0 Å². The summed E-state index contributed by atoms with van der Waals surface area (Å²) in [5.74, 6) is 2.05. The highest BCUT2D eigenvalue weighted by Gasteiger charge is 2.42. The topological polar surface area (TPSA) is 32.3 Å². The van der Waals surface area contributed by atoms with Crippen LogP contribution in [0.2, 0.25) is 0 Å². The van der Waals surface area contributed by atoms with E-state index in [-0.39, 0.29) is 11.8 Å². The van der Waals surface area contributed by atoms with Crippen molar-refractivity contribution >= 4 is 5.91 Å². The molecule has 1 aromatic rings. The third-order valence-corrected chi connectivity index (χ3v) is 5.93. The Morgan fingerprint density at radius 3 is 2.48 bits per heavy atom. The van der Waals surface area contributed by atoms with Crippen molar-refractivity contribution in [1.29, 1.82) is 0 Å². The van der Waals surface area contributed by atoms with E-state index in [1.54, 1.807) is 0 Å². The van der Waals surface area contributed by atoms with Crippen LogP contribution in [-0.4, -0.2) is 23.9 Å². The van der Waals surface area contributed by atoms with Gasteiger partial charge in [-0.05, 0) is 55.3 Å². The van der Waals surface area contributed by atoms with Gasteiger partial charge in [0.15, 0.2) is 0 Å². The minimum atomic E-state index is 0.281. The van der Waals surface area contributed by atoms with E-state index in [1.807, 2.05) is 0 Å². The molecule has 0 heterocycles. The molecule has 3 heteroatoms. The first-order valence-electron chi connectivity index (χ1n) is 9.28. The van der Waals surface area contributed by atoms with Crippen LogP contribution >= 0.6 is 0 Å². The van der Waals surface area contributed by atoms with Gasteiger partial charge in [0.2, 0.25) is 5.91 Å². The van der Waals surface area contributed by atoms with Crippen LogP contribution in [-0.2, 0) is 17.9 Å². The van der Waals surface area contributed by atoms with Crippen molar-refractivity contribution in [2.24, 2.45) is 17.8 Å². The number of benzene rings is 1. The highest BCUT2D eigenvalue weighted by Crippen LogP contribution is 2.48. The quantitative estimate of drug-likeness (QED) is 0.834. The van der Waals surface area contributed by atoms with Crippen LogP contribution in [0.3, 0.4) is 0 Å². The number of amides is 1. The summed E-state index contributed by atoms with van der Waals surface area (Å²) in [6.07, 6.45) is 5.02. The number of rotatable bonds is 7. The largest absolute Gasteiger partial charge is 0.352 e. The van der Waals surface area contributed by atoms with Gasteiger partial charge in [-0.15, -0.1) is 0 Å². The molecule has 126 valence electrons.